The minimum absolute atomic E-state index is 0.804. The molecule has 0 aromatic heterocycles. The number of benzene rings is 1. The van der Waals surface area contributed by atoms with Crippen molar-refractivity contribution >= 4 is 11.1 Å². The third-order valence-corrected chi connectivity index (χ3v) is 4.32. The molecule has 1 aromatic carbocycles. The lowest BCUT2D eigenvalue weighted by molar-refractivity contribution is 0.985. The number of hydrogen-bond acceptors (Lipinski definition) is 0. The molecule has 0 saturated heterocycles. The normalized spacial score (nSPS) is 26.6. The van der Waals surface area contributed by atoms with Crippen molar-refractivity contribution in [3.63, 3.8) is 0 Å². The van der Waals surface area contributed by atoms with Crippen molar-refractivity contribution in [1.29, 1.82) is 0 Å². The summed E-state index contributed by atoms with van der Waals surface area (Å²) < 4.78 is 0. The predicted octanol–water partition coefficient (Wildman–Crippen LogP) is 5.18. The van der Waals surface area contributed by atoms with Crippen LogP contribution in [0.25, 0.3) is 11.1 Å². The summed E-state index contributed by atoms with van der Waals surface area (Å²) in [4.78, 5) is 0. The molecule has 1 aromatic rings. The van der Waals surface area contributed by atoms with Crippen LogP contribution in [0.5, 0.6) is 0 Å². The van der Waals surface area contributed by atoms with E-state index in [9.17, 15) is 0 Å². The lowest BCUT2D eigenvalue weighted by Gasteiger charge is -2.09. The van der Waals surface area contributed by atoms with Gasteiger partial charge in [0, 0.05) is 0 Å². The second kappa shape index (κ2) is 4.79. The van der Waals surface area contributed by atoms with E-state index < -0.39 is 0 Å². The van der Waals surface area contributed by atoms with Gasteiger partial charge in [0.2, 0.25) is 0 Å². The SMILES string of the molecule is C1=CCC=CC(c2cccc(C3=CC4CC4C=C3)c2)=C1. The Morgan fingerprint density at radius 2 is 1.80 bits per heavy atom. The first kappa shape index (κ1) is 11.7. The Balaban J connectivity index is 1.69. The lowest BCUT2D eigenvalue weighted by atomic mass is 9.95. The third-order valence-electron chi connectivity index (χ3n) is 4.32. The molecule has 1 saturated carbocycles. The van der Waals surface area contributed by atoms with Gasteiger partial charge >= 0.3 is 0 Å². The van der Waals surface area contributed by atoms with Crippen molar-refractivity contribution in [3.8, 4) is 0 Å². The van der Waals surface area contributed by atoms with Gasteiger partial charge in [0.25, 0.3) is 0 Å². The highest BCUT2D eigenvalue weighted by molar-refractivity contribution is 5.81. The average Bonchev–Trinajstić information content (AvgIpc) is 3.30. The van der Waals surface area contributed by atoms with Crippen molar-refractivity contribution < 1.29 is 0 Å². The van der Waals surface area contributed by atoms with E-state index in [2.05, 4.69) is 72.9 Å². The van der Waals surface area contributed by atoms with E-state index in [1.54, 1.807) is 0 Å². The van der Waals surface area contributed by atoms with Gasteiger partial charge in [0.15, 0.2) is 0 Å². The van der Waals surface area contributed by atoms with Crippen molar-refractivity contribution in [3.05, 3.63) is 84.0 Å². The summed E-state index contributed by atoms with van der Waals surface area (Å²) in [5.41, 5.74) is 5.33. The largest absolute Gasteiger partial charge is 0.0807 e. The summed E-state index contributed by atoms with van der Waals surface area (Å²) in [6.07, 6.45) is 20.5. The molecule has 98 valence electrons. The molecule has 2 atom stereocenters. The smallest absolute Gasteiger partial charge is 0.0155 e. The summed E-state index contributed by atoms with van der Waals surface area (Å²) in [7, 11) is 0. The molecule has 0 heteroatoms. The van der Waals surface area contributed by atoms with Gasteiger partial charge in [-0.15, -0.1) is 0 Å². The molecule has 0 bridgehead atoms. The van der Waals surface area contributed by atoms with E-state index >= 15 is 0 Å². The van der Waals surface area contributed by atoms with Crippen LogP contribution < -0.4 is 0 Å². The number of fused-ring (bicyclic) bond motifs is 1. The molecular weight excluding hydrogens is 240 g/mol. The van der Waals surface area contributed by atoms with Crippen LogP contribution in [0.4, 0.5) is 0 Å². The molecule has 20 heavy (non-hydrogen) atoms. The molecule has 0 amide bonds. The highest BCUT2D eigenvalue weighted by Crippen LogP contribution is 2.46. The van der Waals surface area contributed by atoms with Crippen molar-refractivity contribution in [2.75, 3.05) is 0 Å². The van der Waals surface area contributed by atoms with Gasteiger partial charge in [-0.25, -0.2) is 0 Å². The van der Waals surface area contributed by atoms with Crippen LogP contribution in [0, 0.1) is 11.8 Å². The Kier molecular flexibility index (Phi) is 2.81. The van der Waals surface area contributed by atoms with E-state index in [0.29, 0.717) is 0 Å². The Bertz CT molecular complexity index is 680. The Labute approximate surface area is 120 Å². The van der Waals surface area contributed by atoms with E-state index in [-0.39, 0.29) is 0 Å². The topological polar surface area (TPSA) is 0 Å². The van der Waals surface area contributed by atoms with Crippen LogP contribution in [-0.2, 0) is 0 Å². The quantitative estimate of drug-likeness (QED) is 0.686. The maximum absolute atomic E-state index is 2.45. The Morgan fingerprint density at radius 3 is 2.70 bits per heavy atom. The molecule has 0 heterocycles. The molecule has 4 rings (SSSR count). The molecule has 0 nitrogen and oxygen atoms in total. The zero-order valence-electron chi connectivity index (χ0n) is 11.5. The fraction of sp³-hybridized carbons (Fsp3) is 0.200. The predicted molar refractivity (Wildman–Crippen MR) is 86.0 cm³/mol. The molecule has 1 fully saturated rings. The molecule has 0 spiro atoms. The van der Waals surface area contributed by atoms with E-state index in [1.165, 1.54) is 28.7 Å². The molecule has 2 unspecified atom stereocenters. The third kappa shape index (κ3) is 2.22. The first-order valence-electron chi connectivity index (χ1n) is 7.44. The summed E-state index contributed by atoms with van der Waals surface area (Å²) >= 11 is 0. The first-order valence-corrected chi connectivity index (χ1v) is 7.44. The standard InChI is InChI=1S/C20H18/c1-2-4-7-15(6-3-1)16-8-5-9-17(12-16)18-10-11-19-14-20(19)13-18/h1,3-13,19-20H,2,14H2. The molecule has 3 aliphatic carbocycles. The summed E-state index contributed by atoms with van der Waals surface area (Å²) in [6.45, 7) is 0. The Hall–Kier alpha value is -2.08. The minimum atomic E-state index is 0.804. The van der Waals surface area contributed by atoms with Gasteiger partial charge in [-0.05, 0) is 53.0 Å². The molecule has 0 aliphatic heterocycles. The zero-order valence-corrected chi connectivity index (χ0v) is 11.5. The minimum Gasteiger partial charge on any atom is -0.0807 e. The van der Waals surface area contributed by atoms with Crippen LogP contribution in [0.1, 0.15) is 24.0 Å². The monoisotopic (exact) mass is 258 g/mol. The van der Waals surface area contributed by atoms with Crippen molar-refractivity contribution in [2.45, 2.75) is 12.8 Å². The highest BCUT2D eigenvalue weighted by atomic mass is 14.4. The average molecular weight is 258 g/mol. The number of allylic oxidation sites excluding steroid dienone is 10. The molecule has 3 aliphatic rings. The lowest BCUT2D eigenvalue weighted by Crippen LogP contribution is -1.90. The van der Waals surface area contributed by atoms with Crippen molar-refractivity contribution in [1.82, 2.24) is 0 Å². The molecule has 0 N–H and O–H groups in total. The van der Waals surface area contributed by atoms with Crippen LogP contribution in [-0.4, -0.2) is 0 Å². The first-order chi connectivity index (χ1) is 9.90. The molecular formula is C20H18. The van der Waals surface area contributed by atoms with Crippen LogP contribution in [0.15, 0.2) is 72.9 Å². The van der Waals surface area contributed by atoms with Crippen LogP contribution >= 0.6 is 0 Å². The maximum Gasteiger partial charge on any atom is -0.0155 e. The number of hydrogen-bond donors (Lipinski definition) is 0. The van der Waals surface area contributed by atoms with Gasteiger partial charge in [-0.3, -0.25) is 0 Å². The van der Waals surface area contributed by atoms with Gasteiger partial charge < -0.3 is 0 Å². The molecule has 0 radical (unpaired) electrons. The highest BCUT2D eigenvalue weighted by Gasteiger charge is 2.34. The number of rotatable bonds is 2. The summed E-state index contributed by atoms with van der Waals surface area (Å²) in [5.74, 6) is 1.64. The van der Waals surface area contributed by atoms with Crippen LogP contribution in [0.3, 0.4) is 0 Å². The van der Waals surface area contributed by atoms with Gasteiger partial charge in [-0.1, -0.05) is 66.8 Å². The zero-order chi connectivity index (χ0) is 13.4. The second-order valence-electron chi connectivity index (χ2n) is 5.81. The van der Waals surface area contributed by atoms with Gasteiger partial charge in [0.05, 0.1) is 0 Å². The van der Waals surface area contributed by atoms with Gasteiger partial charge in [0.1, 0.15) is 0 Å². The maximum atomic E-state index is 2.45. The van der Waals surface area contributed by atoms with E-state index in [0.717, 1.165) is 18.3 Å². The summed E-state index contributed by atoms with van der Waals surface area (Å²) in [6, 6.07) is 8.90. The fourth-order valence-electron chi connectivity index (χ4n) is 3.00. The van der Waals surface area contributed by atoms with Gasteiger partial charge in [-0.2, -0.15) is 0 Å². The summed E-state index contributed by atoms with van der Waals surface area (Å²) in [5, 5.41) is 0. The van der Waals surface area contributed by atoms with Crippen molar-refractivity contribution in [2.24, 2.45) is 11.8 Å². The van der Waals surface area contributed by atoms with E-state index in [4.69, 9.17) is 0 Å². The van der Waals surface area contributed by atoms with Crippen LogP contribution in [0.2, 0.25) is 0 Å². The van der Waals surface area contributed by atoms with E-state index in [1.807, 2.05) is 0 Å². The fourth-order valence-corrected chi connectivity index (χ4v) is 3.00. The second-order valence-corrected chi connectivity index (χ2v) is 5.81. The Morgan fingerprint density at radius 1 is 0.900 bits per heavy atom.